The molecule has 3 rings (SSSR count). The van der Waals surface area contributed by atoms with Crippen LogP contribution in [0.5, 0.6) is 5.75 Å². The lowest BCUT2D eigenvalue weighted by atomic mass is 9.99. The Labute approximate surface area is 98.6 Å². The summed E-state index contributed by atoms with van der Waals surface area (Å²) in [5.74, 6) is 0.171. The number of amides is 1. The fourth-order valence-electron chi connectivity index (χ4n) is 2.17. The number of hydrogen-bond acceptors (Lipinski definition) is 2. The monoisotopic (exact) mass is 228 g/mol. The minimum Gasteiger partial charge on any atom is -0.469 e. The second-order valence-electron chi connectivity index (χ2n) is 4.23. The molecule has 1 aliphatic heterocycles. The van der Waals surface area contributed by atoms with Crippen LogP contribution < -0.4 is 10.5 Å². The molecule has 1 aliphatic rings. The van der Waals surface area contributed by atoms with Gasteiger partial charge < -0.3 is 15.0 Å². The van der Waals surface area contributed by atoms with Gasteiger partial charge in [-0.1, -0.05) is 12.1 Å². The number of fused-ring (bicyclic) bond motifs is 3. The van der Waals surface area contributed by atoms with Crippen molar-refractivity contribution < 1.29 is 9.53 Å². The van der Waals surface area contributed by atoms with Gasteiger partial charge in [0.2, 0.25) is 5.60 Å². The van der Waals surface area contributed by atoms with Gasteiger partial charge in [0, 0.05) is 6.20 Å². The maximum absolute atomic E-state index is 11.6. The number of primary amides is 1. The summed E-state index contributed by atoms with van der Waals surface area (Å²) in [4.78, 5) is 11.6. The molecule has 1 atom stereocenters. The van der Waals surface area contributed by atoms with Crippen molar-refractivity contribution in [3.05, 3.63) is 48.3 Å². The molecule has 2 N–H and O–H groups in total. The first-order valence-electron chi connectivity index (χ1n) is 5.39. The predicted molar refractivity (Wildman–Crippen MR) is 62.9 cm³/mol. The summed E-state index contributed by atoms with van der Waals surface area (Å²) in [5.41, 5.74) is 6.02. The molecule has 4 heteroatoms. The molecule has 0 fully saturated rings. The third kappa shape index (κ3) is 1.21. The number of aromatic nitrogens is 1. The Morgan fingerprint density at radius 1 is 1.29 bits per heavy atom. The molecule has 2 aromatic rings. The number of carbonyl (C=O) groups is 1. The van der Waals surface area contributed by atoms with E-state index in [1.807, 2.05) is 47.2 Å². The van der Waals surface area contributed by atoms with Crippen LogP contribution in [0, 0.1) is 0 Å². The number of rotatable bonds is 1. The Morgan fingerprint density at radius 2 is 2.06 bits per heavy atom. The van der Waals surface area contributed by atoms with Crippen molar-refractivity contribution in [2.24, 2.45) is 5.73 Å². The minimum absolute atomic E-state index is 0.494. The molecule has 0 aliphatic carbocycles. The normalized spacial score (nSPS) is 21.2. The molecule has 4 nitrogen and oxygen atoms in total. The highest BCUT2D eigenvalue weighted by atomic mass is 16.5. The third-order valence-corrected chi connectivity index (χ3v) is 3.15. The first-order chi connectivity index (χ1) is 8.13. The zero-order chi connectivity index (χ0) is 12.0. The Morgan fingerprint density at radius 3 is 2.82 bits per heavy atom. The first kappa shape index (κ1) is 9.96. The number of nitrogens with two attached hydrogens (primary N) is 1. The van der Waals surface area contributed by atoms with Gasteiger partial charge in [-0.2, -0.15) is 0 Å². The predicted octanol–water partition coefficient (Wildman–Crippen LogP) is 1.57. The van der Waals surface area contributed by atoms with Crippen molar-refractivity contribution in [1.29, 1.82) is 0 Å². The minimum atomic E-state index is -1.11. The van der Waals surface area contributed by atoms with Crippen LogP contribution in [0.15, 0.2) is 42.6 Å². The van der Waals surface area contributed by atoms with E-state index in [0.717, 1.165) is 11.4 Å². The van der Waals surface area contributed by atoms with Gasteiger partial charge in [-0.15, -0.1) is 0 Å². The lowest BCUT2D eigenvalue weighted by Crippen LogP contribution is -2.46. The van der Waals surface area contributed by atoms with Crippen molar-refractivity contribution in [3.8, 4) is 11.4 Å². The third-order valence-electron chi connectivity index (χ3n) is 3.15. The largest absolute Gasteiger partial charge is 0.469 e. The van der Waals surface area contributed by atoms with E-state index in [1.54, 1.807) is 6.92 Å². The molecular weight excluding hydrogens is 216 g/mol. The molecule has 1 unspecified atom stereocenters. The average molecular weight is 228 g/mol. The number of ether oxygens (including phenoxy) is 1. The van der Waals surface area contributed by atoms with Crippen molar-refractivity contribution >= 4 is 5.91 Å². The Bertz CT molecular complexity index is 603. The van der Waals surface area contributed by atoms with Gasteiger partial charge in [-0.3, -0.25) is 4.79 Å². The number of hydrogen-bond donors (Lipinski definition) is 1. The van der Waals surface area contributed by atoms with Gasteiger partial charge in [0.15, 0.2) is 0 Å². The first-order valence-corrected chi connectivity index (χ1v) is 5.39. The second-order valence-corrected chi connectivity index (χ2v) is 4.23. The van der Waals surface area contributed by atoms with E-state index in [0.29, 0.717) is 5.75 Å². The zero-order valence-electron chi connectivity index (χ0n) is 9.38. The summed E-state index contributed by atoms with van der Waals surface area (Å²) >= 11 is 0. The van der Waals surface area contributed by atoms with Crippen LogP contribution in [0.1, 0.15) is 12.6 Å². The molecule has 0 bridgehead atoms. The lowest BCUT2D eigenvalue weighted by molar-refractivity contribution is -0.133. The van der Waals surface area contributed by atoms with E-state index in [-0.39, 0.29) is 0 Å². The summed E-state index contributed by atoms with van der Waals surface area (Å²) in [6.07, 6.45) is 1.90. The standard InChI is InChI=1S/C13H12N2O2/c1-13(12(14)16)11-7-4-8-15(11)9-5-2-3-6-10(9)17-13/h2-8H,1H3,(H2,14,16). The molecule has 1 aromatic carbocycles. The maximum Gasteiger partial charge on any atom is 0.267 e. The van der Waals surface area contributed by atoms with Gasteiger partial charge in [0.05, 0.1) is 11.4 Å². The van der Waals surface area contributed by atoms with Gasteiger partial charge in [-0.05, 0) is 31.2 Å². The lowest BCUT2D eigenvalue weighted by Gasteiger charge is -2.34. The molecule has 0 spiro atoms. The summed E-state index contributed by atoms with van der Waals surface area (Å²) in [5, 5.41) is 0. The molecule has 17 heavy (non-hydrogen) atoms. The van der Waals surface area contributed by atoms with Gasteiger partial charge in [0.25, 0.3) is 5.91 Å². The van der Waals surface area contributed by atoms with Crippen LogP contribution in [-0.2, 0) is 10.4 Å². The molecule has 0 radical (unpaired) electrons. The maximum atomic E-state index is 11.6. The highest BCUT2D eigenvalue weighted by Gasteiger charge is 2.42. The molecule has 86 valence electrons. The second kappa shape index (κ2) is 3.13. The number of benzene rings is 1. The summed E-state index contributed by atoms with van der Waals surface area (Å²) in [7, 11) is 0. The van der Waals surface area contributed by atoms with Crippen LogP contribution in [0.25, 0.3) is 5.69 Å². The number of nitrogens with zero attached hydrogens (tertiary/aromatic N) is 1. The van der Waals surface area contributed by atoms with Crippen molar-refractivity contribution in [1.82, 2.24) is 4.57 Å². The van der Waals surface area contributed by atoms with E-state index in [2.05, 4.69) is 0 Å². The molecule has 1 aromatic heterocycles. The molecule has 2 heterocycles. The Hall–Kier alpha value is -2.23. The van der Waals surface area contributed by atoms with Crippen LogP contribution in [-0.4, -0.2) is 10.5 Å². The Kier molecular flexibility index (Phi) is 1.84. The molecular formula is C13H12N2O2. The van der Waals surface area contributed by atoms with E-state index >= 15 is 0 Å². The van der Waals surface area contributed by atoms with Gasteiger partial charge in [0.1, 0.15) is 5.75 Å². The van der Waals surface area contributed by atoms with Crippen LogP contribution in [0.3, 0.4) is 0 Å². The quantitative estimate of drug-likeness (QED) is 0.805. The number of carbonyl (C=O) groups excluding carboxylic acids is 1. The van der Waals surface area contributed by atoms with E-state index in [4.69, 9.17) is 10.5 Å². The average Bonchev–Trinajstić information content (AvgIpc) is 2.79. The fraction of sp³-hybridized carbons (Fsp3) is 0.154. The van der Waals surface area contributed by atoms with Crippen LogP contribution >= 0.6 is 0 Å². The van der Waals surface area contributed by atoms with Gasteiger partial charge in [-0.25, -0.2) is 0 Å². The fourth-order valence-corrected chi connectivity index (χ4v) is 2.17. The number of para-hydroxylation sites is 2. The molecule has 0 saturated carbocycles. The van der Waals surface area contributed by atoms with Crippen molar-refractivity contribution in [2.45, 2.75) is 12.5 Å². The van der Waals surface area contributed by atoms with Gasteiger partial charge >= 0.3 is 0 Å². The molecule has 1 amide bonds. The SMILES string of the molecule is CC1(C(N)=O)Oc2ccccc2-n2cccc21. The van der Waals surface area contributed by atoms with E-state index in [1.165, 1.54) is 0 Å². The van der Waals surface area contributed by atoms with Crippen molar-refractivity contribution in [3.63, 3.8) is 0 Å². The summed E-state index contributed by atoms with van der Waals surface area (Å²) in [6.45, 7) is 1.69. The highest BCUT2D eigenvalue weighted by molar-refractivity contribution is 5.85. The molecule has 0 saturated heterocycles. The Balaban J connectivity index is 2.30. The summed E-state index contributed by atoms with van der Waals surface area (Å²) < 4.78 is 7.70. The summed E-state index contributed by atoms with van der Waals surface area (Å²) in [6, 6.07) is 11.3. The smallest absolute Gasteiger partial charge is 0.267 e. The topological polar surface area (TPSA) is 57.3 Å². The van der Waals surface area contributed by atoms with Crippen LogP contribution in [0.4, 0.5) is 0 Å². The van der Waals surface area contributed by atoms with Crippen molar-refractivity contribution in [2.75, 3.05) is 0 Å². The zero-order valence-corrected chi connectivity index (χ0v) is 9.38. The van der Waals surface area contributed by atoms with E-state index in [9.17, 15) is 4.79 Å². The van der Waals surface area contributed by atoms with Crippen LogP contribution in [0.2, 0.25) is 0 Å². The van der Waals surface area contributed by atoms with E-state index < -0.39 is 11.5 Å². The highest BCUT2D eigenvalue weighted by Crippen LogP contribution is 2.38.